The summed E-state index contributed by atoms with van der Waals surface area (Å²) in [5, 5.41) is 0. The highest BCUT2D eigenvalue weighted by Gasteiger charge is 2.44. The number of likely N-dealkylation sites (tertiary alicyclic amines) is 2. The molecule has 5 heteroatoms. The van der Waals surface area contributed by atoms with Gasteiger partial charge in [-0.1, -0.05) is 6.07 Å². The molecule has 0 aromatic carbocycles. The third-order valence-electron chi connectivity index (χ3n) is 4.91. The van der Waals surface area contributed by atoms with Gasteiger partial charge in [-0.25, -0.2) is 0 Å². The Morgan fingerprint density at radius 2 is 2.18 bits per heavy atom. The largest absolute Gasteiger partial charge is 0.367 e. The average Bonchev–Trinajstić information content (AvgIpc) is 3.26. The molecule has 1 N–H and O–H groups in total. The van der Waals surface area contributed by atoms with Crippen LogP contribution in [0.3, 0.4) is 0 Å². The van der Waals surface area contributed by atoms with E-state index in [0.717, 1.165) is 38.0 Å². The standard InChI is InChI=1S/C17H20N4O/c22-17(14-3-7-19-11-14)21-9-5-15-16(21)4-8-20(15)12-13-2-1-6-18-10-13/h1-3,6-7,10-11,15-16,19H,4-5,8-9,12H2/t15-,16+/m0/s1. The second-order valence-corrected chi connectivity index (χ2v) is 6.14. The average molecular weight is 296 g/mol. The van der Waals surface area contributed by atoms with Gasteiger partial charge < -0.3 is 9.88 Å². The number of amides is 1. The van der Waals surface area contributed by atoms with Crippen molar-refractivity contribution in [3.63, 3.8) is 0 Å². The minimum atomic E-state index is 0.164. The van der Waals surface area contributed by atoms with Crippen LogP contribution in [-0.4, -0.2) is 50.8 Å². The lowest BCUT2D eigenvalue weighted by Gasteiger charge is -2.25. The van der Waals surface area contributed by atoms with E-state index in [4.69, 9.17) is 0 Å². The van der Waals surface area contributed by atoms with Gasteiger partial charge in [0.05, 0.1) is 5.56 Å². The van der Waals surface area contributed by atoms with E-state index >= 15 is 0 Å². The molecule has 4 rings (SSSR count). The summed E-state index contributed by atoms with van der Waals surface area (Å²) in [4.78, 5) is 24.3. The van der Waals surface area contributed by atoms with Crippen molar-refractivity contribution in [1.82, 2.24) is 19.8 Å². The van der Waals surface area contributed by atoms with E-state index in [9.17, 15) is 4.79 Å². The molecule has 0 aliphatic carbocycles. The predicted molar refractivity (Wildman–Crippen MR) is 83.3 cm³/mol. The number of rotatable bonds is 3. The van der Waals surface area contributed by atoms with E-state index in [1.54, 1.807) is 6.20 Å². The number of fused-ring (bicyclic) bond motifs is 1. The molecule has 0 spiro atoms. The highest BCUT2D eigenvalue weighted by Crippen LogP contribution is 2.33. The van der Waals surface area contributed by atoms with Crippen molar-refractivity contribution < 1.29 is 4.79 Å². The third-order valence-corrected chi connectivity index (χ3v) is 4.91. The van der Waals surface area contributed by atoms with Crippen molar-refractivity contribution >= 4 is 5.91 Å². The first kappa shape index (κ1) is 13.5. The lowest BCUT2D eigenvalue weighted by Crippen LogP contribution is -2.39. The van der Waals surface area contributed by atoms with Gasteiger partial charge in [0.15, 0.2) is 0 Å². The molecule has 0 bridgehead atoms. The van der Waals surface area contributed by atoms with Crippen LogP contribution in [0.25, 0.3) is 0 Å². The molecule has 114 valence electrons. The summed E-state index contributed by atoms with van der Waals surface area (Å²) in [5.74, 6) is 0.164. The van der Waals surface area contributed by atoms with Gasteiger partial charge in [0.25, 0.3) is 5.91 Å². The van der Waals surface area contributed by atoms with E-state index in [1.807, 2.05) is 30.7 Å². The fourth-order valence-electron chi connectivity index (χ4n) is 3.87. The van der Waals surface area contributed by atoms with Crippen molar-refractivity contribution in [3.05, 3.63) is 54.1 Å². The van der Waals surface area contributed by atoms with Crippen molar-refractivity contribution in [2.75, 3.05) is 13.1 Å². The highest BCUT2D eigenvalue weighted by atomic mass is 16.2. The fraction of sp³-hybridized carbons (Fsp3) is 0.412. The van der Waals surface area contributed by atoms with Crippen LogP contribution < -0.4 is 0 Å². The Kier molecular flexibility index (Phi) is 3.42. The minimum absolute atomic E-state index is 0.164. The molecule has 2 aliphatic rings. The molecular formula is C17H20N4O. The quantitative estimate of drug-likeness (QED) is 0.941. The topological polar surface area (TPSA) is 52.2 Å². The first-order valence-corrected chi connectivity index (χ1v) is 7.89. The summed E-state index contributed by atoms with van der Waals surface area (Å²) >= 11 is 0. The maximum Gasteiger partial charge on any atom is 0.255 e. The second-order valence-electron chi connectivity index (χ2n) is 6.14. The molecule has 22 heavy (non-hydrogen) atoms. The monoisotopic (exact) mass is 296 g/mol. The summed E-state index contributed by atoms with van der Waals surface area (Å²) in [6.07, 6.45) is 9.48. The smallest absolute Gasteiger partial charge is 0.255 e. The molecule has 2 aliphatic heterocycles. The first-order chi connectivity index (χ1) is 10.8. The van der Waals surface area contributed by atoms with Gasteiger partial charge in [-0.2, -0.15) is 0 Å². The Balaban J connectivity index is 1.46. The number of pyridine rings is 1. The zero-order valence-electron chi connectivity index (χ0n) is 12.5. The minimum Gasteiger partial charge on any atom is -0.367 e. The molecule has 2 aromatic heterocycles. The zero-order valence-corrected chi connectivity index (χ0v) is 12.5. The second kappa shape index (κ2) is 5.57. The van der Waals surface area contributed by atoms with Gasteiger partial charge in [0.1, 0.15) is 0 Å². The predicted octanol–water partition coefficient (Wildman–Crippen LogP) is 1.90. The Morgan fingerprint density at radius 1 is 1.27 bits per heavy atom. The molecule has 2 saturated heterocycles. The zero-order chi connectivity index (χ0) is 14.9. The van der Waals surface area contributed by atoms with E-state index in [1.165, 1.54) is 5.56 Å². The third kappa shape index (κ3) is 2.31. The SMILES string of the molecule is O=C(c1cc[nH]c1)N1CC[C@H]2[C@H]1CCN2Cc1cccnc1. The molecule has 5 nitrogen and oxygen atoms in total. The number of nitrogens with zero attached hydrogens (tertiary/aromatic N) is 3. The van der Waals surface area contributed by atoms with E-state index in [2.05, 4.69) is 25.8 Å². The highest BCUT2D eigenvalue weighted by molar-refractivity contribution is 5.94. The van der Waals surface area contributed by atoms with Crippen LogP contribution in [-0.2, 0) is 6.54 Å². The molecule has 1 amide bonds. The Labute approximate surface area is 130 Å². The van der Waals surface area contributed by atoms with E-state index in [0.29, 0.717) is 12.1 Å². The lowest BCUT2D eigenvalue weighted by molar-refractivity contribution is 0.0732. The summed E-state index contributed by atoms with van der Waals surface area (Å²) < 4.78 is 0. The number of hydrogen-bond donors (Lipinski definition) is 1. The molecule has 4 heterocycles. The molecule has 0 radical (unpaired) electrons. The number of hydrogen-bond acceptors (Lipinski definition) is 3. The maximum absolute atomic E-state index is 12.6. The molecule has 2 fully saturated rings. The van der Waals surface area contributed by atoms with Crippen LogP contribution in [0.2, 0.25) is 0 Å². The summed E-state index contributed by atoms with van der Waals surface area (Å²) in [7, 11) is 0. The number of H-pyrrole nitrogens is 1. The van der Waals surface area contributed by atoms with Crippen LogP contribution in [0.15, 0.2) is 43.0 Å². The number of carbonyl (C=O) groups excluding carboxylic acids is 1. The molecule has 2 aromatic rings. The van der Waals surface area contributed by atoms with Crippen LogP contribution in [0.4, 0.5) is 0 Å². The number of aromatic nitrogens is 2. The van der Waals surface area contributed by atoms with Crippen molar-refractivity contribution in [3.8, 4) is 0 Å². The first-order valence-electron chi connectivity index (χ1n) is 7.89. The van der Waals surface area contributed by atoms with Gasteiger partial charge in [0.2, 0.25) is 0 Å². The number of nitrogens with one attached hydrogen (secondary N) is 1. The summed E-state index contributed by atoms with van der Waals surface area (Å²) in [6, 6.07) is 6.82. The number of carbonyl (C=O) groups is 1. The number of aromatic amines is 1. The Hall–Kier alpha value is -2.14. The van der Waals surface area contributed by atoms with Crippen LogP contribution in [0.5, 0.6) is 0 Å². The van der Waals surface area contributed by atoms with Gasteiger partial charge in [-0.3, -0.25) is 14.7 Å². The van der Waals surface area contributed by atoms with Gasteiger partial charge in [-0.05, 0) is 30.5 Å². The van der Waals surface area contributed by atoms with E-state index in [-0.39, 0.29) is 5.91 Å². The maximum atomic E-state index is 12.6. The molecular weight excluding hydrogens is 276 g/mol. The van der Waals surface area contributed by atoms with Gasteiger partial charge in [-0.15, -0.1) is 0 Å². The normalized spacial score (nSPS) is 24.6. The molecule has 2 atom stereocenters. The summed E-state index contributed by atoms with van der Waals surface area (Å²) in [5.41, 5.74) is 2.02. The van der Waals surface area contributed by atoms with Crippen LogP contribution in [0, 0.1) is 0 Å². The molecule has 0 saturated carbocycles. The van der Waals surface area contributed by atoms with Crippen LogP contribution in [0.1, 0.15) is 28.8 Å². The Morgan fingerprint density at radius 3 is 2.95 bits per heavy atom. The van der Waals surface area contributed by atoms with Gasteiger partial charge in [0, 0.05) is 56.5 Å². The van der Waals surface area contributed by atoms with E-state index < -0.39 is 0 Å². The summed E-state index contributed by atoms with van der Waals surface area (Å²) in [6.45, 7) is 2.85. The van der Waals surface area contributed by atoms with Gasteiger partial charge >= 0.3 is 0 Å². The fourth-order valence-corrected chi connectivity index (χ4v) is 3.87. The van der Waals surface area contributed by atoms with Crippen molar-refractivity contribution in [2.45, 2.75) is 31.5 Å². The Bertz CT molecular complexity index is 640. The van der Waals surface area contributed by atoms with Crippen molar-refractivity contribution in [1.29, 1.82) is 0 Å². The van der Waals surface area contributed by atoms with Crippen molar-refractivity contribution in [2.24, 2.45) is 0 Å². The molecule has 0 unspecified atom stereocenters. The van der Waals surface area contributed by atoms with Crippen LogP contribution >= 0.6 is 0 Å². The lowest BCUT2D eigenvalue weighted by atomic mass is 10.1.